The molecule has 0 aliphatic heterocycles. The van der Waals surface area contributed by atoms with E-state index in [0.29, 0.717) is 10.6 Å². The fourth-order valence-corrected chi connectivity index (χ4v) is 1.89. The van der Waals surface area contributed by atoms with Crippen LogP contribution in [0.3, 0.4) is 0 Å². The van der Waals surface area contributed by atoms with Gasteiger partial charge in [-0.15, -0.1) is 11.3 Å². The van der Waals surface area contributed by atoms with Crippen LogP contribution in [0.25, 0.3) is 0 Å². The zero-order chi connectivity index (χ0) is 13.8. The van der Waals surface area contributed by atoms with E-state index < -0.39 is 5.82 Å². The summed E-state index contributed by atoms with van der Waals surface area (Å²) in [4.78, 5) is 16.0. The van der Waals surface area contributed by atoms with Gasteiger partial charge in [-0.1, -0.05) is 5.16 Å². The van der Waals surface area contributed by atoms with E-state index in [2.05, 4.69) is 15.5 Å². The summed E-state index contributed by atoms with van der Waals surface area (Å²) < 4.78 is 13.4. The minimum absolute atomic E-state index is 0.0930. The third-order valence-corrected chi connectivity index (χ3v) is 3.04. The summed E-state index contributed by atoms with van der Waals surface area (Å²) in [7, 11) is 0. The molecule has 19 heavy (non-hydrogen) atoms. The van der Waals surface area contributed by atoms with Crippen molar-refractivity contribution in [1.82, 2.24) is 4.98 Å². The normalized spacial score (nSPS) is 11.3. The number of carbonyl (C=O) groups is 1. The van der Waals surface area contributed by atoms with Gasteiger partial charge in [0.1, 0.15) is 10.7 Å². The van der Waals surface area contributed by atoms with Crippen molar-refractivity contribution in [2.75, 3.05) is 5.32 Å². The summed E-state index contributed by atoms with van der Waals surface area (Å²) in [6, 6.07) is 3.78. The van der Waals surface area contributed by atoms with E-state index in [0.717, 1.165) is 6.07 Å². The lowest BCUT2D eigenvalue weighted by molar-refractivity contribution is 0.103. The molecule has 0 bridgehead atoms. The number of oxime groups is 1. The Hall–Kier alpha value is -2.48. The number of hydrogen-bond donors (Lipinski definition) is 3. The Morgan fingerprint density at radius 2 is 2.32 bits per heavy atom. The molecule has 1 amide bonds. The molecule has 1 heterocycles. The Labute approximate surface area is 111 Å². The predicted octanol–water partition coefficient (Wildman–Crippen LogP) is 1.63. The van der Waals surface area contributed by atoms with Crippen molar-refractivity contribution < 1.29 is 14.4 Å². The number of halogens is 1. The van der Waals surface area contributed by atoms with Crippen LogP contribution in [-0.4, -0.2) is 21.9 Å². The number of thiazole rings is 1. The number of nitrogens with zero attached hydrogens (tertiary/aromatic N) is 2. The number of nitrogens with two attached hydrogens (primary N) is 1. The Bertz CT molecular complexity index is 628. The summed E-state index contributed by atoms with van der Waals surface area (Å²) in [5.41, 5.74) is 7.10. The van der Waals surface area contributed by atoms with Crippen LogP contribution in [0.15, 0.2) is 35.1 Å². The van der Waals surface area contributed by atoms with Gasteiger partial charge in [0.25, 0.3) is 5.91 Å². The molecule has 0 aliphatic carbocycles. The molecule has 0 saturated carbocycles. The molecule has 0 spiro atoms. The Balaban J connectivity index is 2.25. The topological polar surface area (TPSA) is 101 Å². The zero-order valence-electron chi connectivity index (χ0n) is 9.50. The first-order chi connectivity index (χ1) is 9.11. The standard InChI is InChI=1S/C11H9FN4O2S/c12-8-2-1-6(3-7(8)10(13)16-18)15-11(17)9-4-14-5-19-9/h1-5,18H,(H2,13,16)(H,15,17). The second-order valence-electron chi connectivity index (χ2n) is 3.50. The number of amides is 1. The second kappa shape index (κ2) is 5.44. The summed E-state index contributed by atoms with van der Waals surface area (Å²) >= 11 is 1.18. The van der Waals surface area contributed by atoms with E-state index in [1.807, 2.05) is 0 Å². The second-order valence-corrected chi connectivity index (χ2v) is 4.39. The molecular weight excluding hydrogens is 271 g/mol. The fraction of sp³-hybridized carbons (Fsp3) is 0. The van der Waals surface area contributed by atoms with Gasteiger partial charge < -0.3 is 16.3 Å². The van der Waals surface area contributed by atoms with Crippen LogP contribution in [0.2, 0.25) is 0 Å². The maximum atomic E-state index is 13.4. The van der Waals surface area contributed by atoms with Crippen LogP contribution in [0.4, 0.5) is 10.1 Å². The van der Waals surface area contributed by atoms with E-state index in [4.69, 9.17) is 10.9 Å². The van der Waals surface area contributed by atoms with Crippen molar-refractivity contribution in [3.05, 3.63) is 46.2 Å². The molecule has 0 saturated heterocycles. The number of nitrogens with one attached hydrogen (secondary N) is 1. The number of rotatable bonds is 3. The smallest absolute Gasteiger partial charge is 0.267 e. The molecule has 1 aromatic heterocycles. The lowest BCUT2D eigenvalue weighted by atomic mass is 10.1. The van der Waals surface area contributed by atoms with Crippen molar-refractivity contribution >= 4 is 28.8 Å². The van der Waals surface area contributed by atoms with Crippen LogP contribution in [0.1, 0.15) is 15.2 Å². The van der Waals surface area contributed by atoms with Crippen LogP contribution in [0, 0.1) is 5.82 Å². The summed E-state index contributed by atoms with van der Waals surface area (Å²) in [5, 5.41) is 13.8. The highest BCUT2D eigenvalue weighted by atomic mass is 32.1. The molecule has 4 N–H and O–H groups in total. The van der Waals surface area contributed by atoms with Gasteiger partial charge in [-0.3, -0.25) is 9.78 Å². The average molecular weight is 280 g/mol. The molecule has 1 aromatic carbocycles. The first-order valence-corrected chi connectivity index (χ1v) is 5.97. The van der Waals surface area contributed by atoms with E-state index >= 15 is 0 Å². The van der Waals surface area contributed by atoms with Crippen molar-refractivity contribution in [3.63, 3.8) is 0 Å². The molecule has 8 heteroatoms. The van der Waals surface area contributed by atoms with Crippen LogP contribution < -0.4 is 11.1 Å². The quantitative estimate of drug-likeness (QED) is 0.344. The third kappa shape index (κ3) is 2.86. The van der Waals surface area contributed by atoms with Crippen molar-refractivity contribution in [1.29, 1.82) is 0 Å². The lowest BCUT2D eigenvalue weighted by Gasteiger charge is -2.06. The monoisotopic (exact) mass is 280 g/mol. The predicted molar refractivity (Wildman–Crippen MR) is 69.0 cm³/mol. The molecule has 0 atom stereocenters. The van der Waals surface area contributed by atoms with Gasteiger partial charge in [0, 0.05) is 5.69 Å². The molecule has 2 aromatic rings. The van der Waals surface area contributed by atoms with Crippen molar-refractivity contribution in [2.45, 2.75) is 0 Å². The number of aromatic nitrogens is 1. The maximum absolute atomic E-state index is 13.4. The Kier molecular flexibility index (Phi) is 3.71. The number of anilines is 1. The molecule has 2 rings (SSSR count). The van der Waals surface area contributed by atoms with E-state index in [1.165, 1.54) is 35.2 Å². The van der Waals surface area contributed by atoms with Crippen LogP contribution in [-0.2, 0) is 0 Å². The minimum Gasteiger partial charge on any atom is -0.409 e. The van der Waals surface area contributed by atoms with Gasteiger partial charge in [0.05, 0.1) is 17.3 Å². The molecular formula is C11H9FN4O2S. The SMILES string of the molecule is N/C(=N/O)c1cc(NC(=O)c2cncs2)ccc1F. The number of carbonyl (C=O) groups excluding carboxylic acids is 1. The van der Waals surface area contributed by atoms with E-state index in [-0.39, 0.29) is 17.3 Å². The fourth-order valence-electron chi connectivity index (χ4n) is 1.37. The summed E-state index contributed by atoms with van der Waals surface area (Å²) in [5.74, 6) is -1.38. The van der Waals surface area contributed by atoms with Crippen LogP contribution in [0.5, 0.6) is 0 Å². The number of benzene rings is 1. The van der Waals surface area contributed by atoms with Gasteiger partial charge >= 0.3 is 0 Å². The summed E-state index contributed by atoms with van der Waals surface area (Å²) in [6.07, 6.45) is 1.42. The zero-order valence-corrected chi connectivity index (χ0v) is 10.3. The van der Waals surface area contributed by atoms with Gasteiger partial charge in [0.15, 0.2) is 5.84 Å². The maximum Gasteiger partial charge on any atom is 0.267 e. The number of hydrogen-bond acceptors (Lipinski definition) is 5. The Morgan fingerprint density at radius 3 is 2.95 bits per heavy atom. The van der Waals surface area contributed by atoms with Gasteiger partial charge in [-0.2, -0.15) is 0 Å². The number of amidine groups is 1. The molecule has 0 aliphatic rings. The van der Waals surface area contributed by atoms with Crippen LogP contribution >= 0.6 is 11.3 Å². The molecule has 98 valence electrons. The van der Waals surface area contributed by atoms with E-state index in [9.17, 15) is 9.18 Å². The first kappa shape index (κ1) is 13.0. The third-order valence-electron chi connectivity index (χ3n) is 2.26. The average Bonchev–Trinajstić information content (AvgIpc) is 2.94. The van der Waals surface area contributed by atoms with Gasteiger partial charge in [0.2, 0.25) is 0 Å². The Morgan fingerprint density at radius 1 is 1.53 bits per heavy atom. The highest BCUT2D eigenvalue weighted by Gasteiger charge is 2.11. The van der Waals surface area contributed by atoms with Crippen molar-refractivity contribution in [3.8, 4) is 0 Å². The largest absolute Gasteiger partial charge is 0.409 e. The molecule has 0 radical (unpaired) electrons. The van der Waals surface area contributed by atoms with Gasteiger partial charge in [-0.25, -0.2) is 4.39 Å². The highest BCUT2D eigenvalue weighted by molar-refractivity contribution is 7.11. The van der Waals surface area contributed by atoms with Gasteiger partial charge in [-0.05, 0) is 18.2 Å². The minimum atomic E-state index is -0.647. The molecule has 0 fully saturated rings. The van der Waals surface area contributed by atoms with E-state index in [1.54, 1.807) is 0 Å². The first-order valence-electron chi connectivity index (χ1n) is 5.09. The lowest BCUT2D eigenvalue weighted by Crippen LogP contribution is -2.16. The highest BCUT2D eigenvalue weighted by Crippen LogP contribution is 2.16. The molecule has 6 nitrogen and oxygen atoms in total. The summed E-state index contributed by atoms with van der Waals surface area (Å²) in [6.45, 7) is 0. The van der Waals surface area contributed by atoms with Crippen molar-refractivity contribution in [2.24, 2.45) is 10.9 Å². The molecule has 0 unspecified atom stereocenters.